The van der Waals surface area contributed by atoms with Crippen LogP contribution in [-0.2, 0) is 16.6 Å². The number of hydrogen-bond donors (Lipinski definition) is 2. The smallest absolute Gasteiger partial charge is 0.165 e. The van der Waals surface area contributed by atoms with Crippen LogP contribution in [0.5, 0.6) is 11.5 Å². The lowest BCUT2D eigenvalue weighted by atomic mass is 9.33. The van der Waals surface area contributed by atoms with Crippen molar-refractivity contribution in [2.24, 2.45) is 22.7 Å². The van der Waals surface area contributed by atoms with Crippen LogP contribution in [0, 0.1) is 22.7 Å². The second-order valence-electron chi connectivity index (χ2n) is 13.4. The Morgan fingerprint density at radius 2 is 2.00 bits per heavy atom. The van der Waals surface area contributed by atoms with Gasteiger partial charge in [-0.15, -0.1) is 0 Å². The van der Waals surface area contributed by atoms with E-state index in [1.165, 1.54) is 18.4 Å². The molecule has 4 saturated carbocycles. The minimum atomic E-state index is -1.16. The predicted molar refractivity (Wildman–Crippen MR) is 130 cm³/mol. The van der Waals surface area contributed by atoms with Crippen LogP contribution in [0.1, 0.15) is 80.0 Å². The number of phenolic OH excluding ortho intramolecular Hbond substituents is 1. The Morgan fingerprint density at radius 1 is 1.24 bits per heavy atom. The molecule has 7 aliphatic rings. The number of likely N-dealkylation sites (tertiary alicyclic amines) is 1. The Bertz CT molecular complexity index is 1130. The molecule has 4 bridgehead atoms. The van der Waals surface area contributed by atoms with Gasteiger partial charge in [0.1, 0.15) is 11.7 Å². The van der Waals surface area contributed by atoms with Crippen LogP contribution >= 0.6 is 0 Å². The molecule has 0 radical (unpaired) electrons. The Kier molecular flexibility index (Phi) is 3.69. The lowest BCUT2D eigenvalue weighted by Crippen LogP contribution is -2.83. The van der Waals surface area contributed by atoms with E-state index in [0.29, 0.717) is 12.2 Å². The average molecular weight is 470 g/mol. The summed E-state index contributed by atoms with van der Waals surface area (Å²) in [7, 11) is 1.64. The molecule has 2 spiro atoms. The first-order chi connectivity index (χ1) is 16.9. The molecule has 1 aromatic carbocycles. The van der Waals surface area contributed by atoms with E-state index < -0.39 is 46.3 Å². The number of piperidine rings is 1. The van der Waals surface area contributed by atoms with Crippen molar-refractivity contribution in [1.29, 1.82) is 0 Å². The van der Waals surface area contributed by atoms with Crippen molar-refractivity contribution in [1.82, 2.24) is 4.90 Å². The van der Waals surface area contributed by atoms with Gasteiger partial charge in [-0.3, -0.25) is 4.90 Å². The van der Waals surface area contributed by atoms with Gasteiger partial charge in [-0.25, -0.2) is 0 Å². The topological polar surface area (TPSA) is 62.2 Å². The normalized spacial score (nSPS) is 49.1. The molecule has 9 atom stereocenters. The third-order valence-electron chi connectivity index (χ3n) is 11.3. The Balaban J connectivity index is 1.53. The number of aromatic hydroxyl groups is 1. The lowest BCUT2D eigenvalue weighted by molar-refractivity contribution is -0.312. The largest absolute Gasteiger partial charge is 0.504 e. The third-order valence-corrected chi connectivity index (χ3v) is 11.3. The minimum Gasteiger partial charge on any atom is -0.504 e. The molecule has 2 aliphatic heterocycles. The summed E-state index contributed by atoms with van der Waals surface area (Å²) in [5.74, 6) is 1.03. The molecule has 2 heterocycles. The molecule has 5 aliphatic carbocycles. The molecule has 186 valence electrons. The molecule has 0 aromatic heterocycles. The van der Waals surface area contributed by atoms with Crippen LogP contribution in [0.25, 0.3) is 0 Å². The molecule has 34 heavy (non-hydrogen) atoms. The van der Waals surface area contributed by atoms with Crippen LogP contribution in [0.2, 0.25) is 0 Å². The molecule has 2 N–H and O–H groups in total. The number of rotatable bonds is 4. The van der Waals surface area contributed by atoms with Gasteiger partial charge in [-0.05, 0) is 81.3 Å². The molecule has 1 saturated heterocycles. The van der Waals surface area contributed by atoms with E-state index in [2.05, 4.69) is 31.7 Å². The van der Waals surface area contributed by atoms with Gasteiger partial charge in [-0.2, -0.15) is 0 Å². The first-order valence-corrected chi connectivity index (χ1v) is 13.3. The Labute approximate surface area is 206 Å². The van der Waals surface area contributed by atoms with Crippen LogP contribution < -0.4 is 4.74 Å². The third kappa shape index (κ3) is 2.25. The van der Waals surface area contributed by atoms with E-state index in [1.54, 1.807) is 13.2 Å². The fourth-order valence-electron chi connectivity index (χ4n) is 8.94. The fraction of sp³-hybridized carbons (Fsp3) is 0.793. The minimum absolute atomic E-state index is 0.115. The summed E-state index contributed by atoms with van der Waals surface area (Å²) in [4.78, 5) is 2.63. The van der Waals surface area contributed by atoms with E-state index >= 15 is 0 Å². The molecule has 2 unspecified atom stereocenters. The standard InChI is InChI=1S/C29H41NO4/c1-25(2,3)26(4,32)20-15-27-10-11-29(20,33-5)24-28(27)12-13-30(16-17-6-7-17)21(27)14-18-8-9-19(31)23(34-24)22(18)28/h8-9,17,20-21,24,31-32H,6-7,10-16H2,1-5H3/t20-,21-,24-,26+,27-,28+,29-/m1/s1/i10D,11D/t10?,11?,20-,21-,24-,26+,27-,28+,29-. The second kappa shape index (κ2) is 6.33. The average Bonchev–Trinajstić information content (AvgIpc) is 3.56. The summed E-state index contributed by atoms with van der Waals surface area (Å²) in [5, 5.41) is 23.3. The maximum absolute atomic E-state index is 12.3. The Morgan fingerprint density at radius 3 is 2.68 bits per heavy atom. The zero-order chi connectivity index (χ0) is 25.6. The van der Waals surface area contributed by atoms with Crippen molar-refractivity contribution >= 4 is 0 Å². The number of hydrogen-bond acceptors (Lipinski definition) is 5. The van der Waals surface area contributed by atoms with Gasteiger partial charge < -0.3 is 19.7 Å². The van der Waals surface area contributed by atoms with E-state index in [4.69, 9.17) is 9.47 Å². The number of aliphatic hydroxyl groups is 1. The summed E-state index contributed by atoms with van der Waals surface area (Å²) >= 11 is 0. The Hall–Kier alpha value is -1.30. The van der Waals surface area contributed by atoms with E-state index in [1.807, 2.05) is 6.92 Å². The zero-order valence-corrected chi connectivity index (χ0v) is 21.2. The quantitative estimate of drug-likeness (QED) is 0.684. The van der Waals surface area contributed by atoms with Crippen molar-refractivity contribution < 1.29 is 22.4 Å². The highest BCUT2D eigenvalue weighted by Crippen LogP contribution is 2.78. The van der Waals surface area contributed by atoms with Crippen molar-refractivity contribution in [3.63, 3.8) is 0 Å². The predicted octanol–water partition coefficient (Wildman–Crippen LogP) is 4.41. The first-order valence-electron chi connectivity index (χ1n) is 14.4. The van der Waals surface area contributed by atoms with Crippen LogP contribution in [-0.4, -0.2) is 58.7 Å². The molecule has 5 nitrogen and oxygen atoms in total. The van der Waals surface area contributed by atoms with Gasteiger partial charge in [0.05, 0.1) is 5.60 Å². The van der Waals surface area contributed by atoms with Gasteiger partial charge in [0.2, 0.25) is 0 Å². The molecular weight excluding hydrogens is 426 g/mol. The number of benzene rings is 1. The van der Waals surface area contributed by atoms with E-state index in [-0.39, 0.29) is 17.7 Å². The number of nitrogens with zero attached hydrogens (tertiary/aromatic N) is 1. The van der Waals surface area contributed by atoms with Gasteiger partial charge in [0.25, 0.3) is 0 Å². The van der Waals surface area contributed by atoms with Gasteiger partial charge in [0, 0.05) is 44.7 Å². The molecule has 1 aromatic rings. The number of ether oxygens (including phenoxy) is 2. The summed E-state index contributed by atoms with van der Waals surface area (Å²) in [6, 6.07) is 3.93. The fourth-order valence-corrected chi connectivity index (χ4v) is 8.94. The number of phenols is 1. The van der Waals surface area contributed by atoms with Crippen LogP contribution in [0.3, 0.4) is 0 Å². The van der Waals surface area contributed by atoms with Crippen molar-refractivity contribution in [2.45, 2.75) is 101 Å². The van der Waals surface area contributed by atoms with E-state index in [0.717, 1.165) is 37.4 Å². The lowest BCUT2D eigenvalue weighted by Gasteiger charge is -2.75. The van der Waals surface area contributed by atoms with Crippen LogP contribution in [0.4, 0.5) is 0 Å². The monoisotopic (exact) mass is 469 g/mol. The maximum atomic E-state index is 12.3. The summed E-state index contributed by atoms with van der Waals surface area (Å²) < 4.78 is 32.6. The highest BCUT2D eigenvalue weighted by atomic mass is 16.6. The molecule has 0 amide bonds. The SMILES string of the molecule is [2H]C1C([2H])[C@]23C[C@H]([C@](C)(O)C(C)(C)C)[C@@]1(OC)[C@@H]1Oc4c(O)ccc5c4[C@@]12CCN(CC1CC1)[C@@H]3C5. The van der Waals surface area contributed by atoms with Gasteiger partial charge in [-0.1, -0.05) is 26.8 Å². The first kappa shape index (κ1) is 19.8. The van der Waals surface area contributed by atoms with Crippen molar-refractivity contribution in [2.75, 3.05) is 20.2 Å². The summed E-state index contributed by atoms with van der Waals surface area (Å²) in [6.45, 7) is 10.1. The zero-order valence-electron chi connectivity index (χ0n) is 23.2. The highest BCUT2D eigenvalue weighted by molar-refractivity contribution is 5.63. The summed E-state index contributed by atoms with van der Waals surface area (Å²) in [5.41, 5.74) is -1.52. The van der Waals surface area contributed by atoms with E-state index in [9.17, 15) is 13.0 Å². The summed E-state index contributed by atoms with van der Waals surface area (Å²) in [6.07, 6.45) is 2.78. The molecular formula is C29H41NO4. The maximum Gasteiger partial charge on any atom is 0.165 e. The number of methoxy groups -OCH3 is 1. The van der Waals surface area contributed by atoms with Crippen molar-refractivity contribution in [3.05, 3.63) is 23.3 Å². The van der Waals surface area contributed by atoms with Gasteiger partial charge >= 0.3 is 0 Å². The second-order valence-corrected chi connectivity index (χ2v) is 13.4. The van der Waals surface area contributed by atoms with Crippen molar-refractivity contribution in [3.8, 4) is 11.5 Å². The molecule has 8 rings (SSSR count). The number of fused-ring (bicyclic) bond motifs is 2. The molecule has 5 fully saturated rings. The van der Waals surface area contributed by atoms with Crippen LogP contribution in [0.15, 0.2) is 12.1 Å². The highest BCUT2D eigenvalue weighted by Gasteiger charge is 2.82. The molecule has 5 heteroatoms. The van der Waals surface area contributed by atoms with Gasteiger partial charge in [0.15, 0.2) is 11.5 Å².